The van der Waals surface area contributed by atoms with Gasteiger partial charge in [0.1, 0.15) is 11.5 Å². The Bertz CT molecular complexity index is 643. The monoisotopic (exact) mass is 384 g/mol. The van der Waals surface area contributed by atoms with Crippen LogP contribution in [0.2, 0.25) is 0 Å². The van der Waals surface area contributed by atoms with Crippen LogP contribution in [0.15, 0.2) is 0 Å². The third-order valence-electron chi connectivity index (χ3n) is 3.83. The Balaban J connectivity index is 2.14. The number of thiophene rings is 1. The van der Waals surface area contributed by atoms with Gasteiger partial charge in [-0.05, 0) is 57.3 Å². The van der Waals surface area contributed by atoms with Crippen molar-refractivity contribution in [1.29, 1.82) is 0 Å². The lowest BCUT2D eigenvalue weighted by molar-refractivity contribution is -0.141. The molecule has 1 heterocycles. The molecule has 6 nitrogen and oxygen atoms in total. The number of aryl methyl sites for hydroxylation is 1. The van der Waals surface area contributed by atoms with E-state index in [-0.39, 0.29) is 23.6 Å². The number of nitrogens with one attached hydrogen (secondary N) is 2. The molecule has 0 unspecified atom stereocenters. The van der Waals surface area contributed by atoms with Crippen molar-refractivity contribution >= 4 is 45.6 Å². The van der Waals surface area contributed by atoms with E-state index in [0.29, 0.717) is 23.8 Å². The maximum Gasteiger partial charge on any atom is 0.341 e. The van der Waals surface area contributed by atoms with Crippen molar-refractivity contribution in [2.24, 2.45) is 0 Å². The summed E-state index contributed by atoms with van der Waals surface area (Å²) in [4.78, 5) is 25.1. The molecule has 0 saturated heterocycles. The van der Waals surface area contributed by atoms with Gasteiger partial charge in [-0.1, -0.05) is 6.42 Å². The fourth-order valence-electron chi connectivity index (χ4n) is 2.76. The molecule has 0 bridgehead atoms. The van der Waals surface area contributed by atoms with Gasteiger partial charge in [0, 0.05) is 4.88 Å². The molecule has 25 heavy (non-hydrogen) atoms. The van der Waals surface area contributed by atoms with Crippen LogP contribution in [0.1, 0.15) is 53.9 Å². The molecular weight excluding hydrogens is 360 g/mol. The lowest BCUT2D eigenvalue weighted by atomic mass is 10.1. The molecule has 1 aliphatic carbocycles. The van der Waals surface area contributed by atoms with Crippen LogP contribution in [0.4, 0.5) is 5.00 Å². The molecule has 0 spiro atoms. The van der Waals surface area contributed by atoms with Crippen LogP contribution in [0.3, 0.4) is 0 Å². The summed E-state index contributed by atoms with van der Waals surface area (Å²) in [6.45, 7) is 4.18. The summed E-state index contributed by atoms with van der Waals surface area (Å²) >= 11 is 6.79. The standard InChI is InChI=1S/C17H24N2O4S2/c1-3-22-13(20)10-18-17(24)19-15-14(16(21)23-4-2)11-8-6-5-7-9-12(11)25-15/h3-10H2,1-2H3,(H2,18,19,24). The van der Waals surface area contributed by atoms with Gasteiger partial charge < -0.3 is 20.1 Å². The van der Waals surface area contributed by atoms with E-state index in [1.807, 2.05) is 0 Å². The Kier molecular flexibility index (Phi) is 7.64. The van der Waals surface area contributed by atoms with Crippen molar-refractivity contribution in [2.75, 3.05) is 25.1 Å². The van der Waals surface area contributed by atoms with Gasteiger partial charge in [0.2, 0.25) is 0 Å². The summed E-state index contributed by atoms with van der Waals surface area (Å²) in [6.07, 6.45) is 5.22. The summed E-state index contributed by atoms with van der Waals surface area (Å²) in [5, 5.41) is 6.84. The van der Waals surface area contributed by atoms with Gasteiger partial charge in [-0.25, -0.2) is 4.79 Å². The predicted octanol–water partition coefficient (Wildman–Crippen LogP) is 3.04. The van der Waals surface area contributed by atoms with Crippen molar-refractivity contribution in [3.05, 3.63) is 16.0 Å². The molecule has 2 rings (SSSR count). The topological polar surface area (TPSA) is 76.7 Å². The lowest BCUT2D eigenvalue weighted by Gasteiger charge is -2.11. The Labute approximate surface area is 157 Å². The summed E-state index contributed by atoms with van der Waals surface area (Å²) in [5.74, 6) is -0.697. The van der Waals surface area contributed by atoms with E-state index in [0.717, 1.165) is 31.2 Å². The predicted molar refractivity (Wildman–Crippen MR) is 102 cm³/mol. The molecule has 0 fully saturated rings. The summed E-state index contributed by atoms with van der Waals surface area (Å²) in [6, 6.07) is 0. The van der Waals surface area contributed by atoms with Crippen molar-refractivity contribution in [1.82, 2.24) is 5.32 Å². The Morgan fingerprint density at radius 1 is 1.12 bits per heavy atom. The first-order valence-electron chi connectivity index (χ1n) is 8.58. The minimum atomic E-state index is -0.376. The summed E-state index contributed by atoms with van der Waals surface area (Å²) < 4.78 is 10.1. The van der Waals surface area contributed by atoms with Crippen molar-refractivity contribution < 1.29 is 19.1 Å². The molecule has 1 aromatic heterocycles. The third kappa shape index (κ3) is 5.40. The zero-order chi connectivity index (χ0) is 18.2. The second-order valence-electron chi connectivity index (χ2n) is 5.60. The summed E-state index contributed by atoms with van der Waals surface area (Å²) in [5.41, 5.74) is 1.67. The number of carbonyl (C=O) groups is 2. The number of fused-ring (bicyclic) bond motifs is 1. The van der Waals surface area contributed by atoms with Gasteiger partial charge in [0.25, 0.3) is 0 Å². The van der Waals surface area contributed by atoms with Gasteiger partial charge in [-0.15, -0.1) is 11.3 Å². The molecule has 2 N–H and O–H groups in total. The quantitative estimate of drug-likeness (QED) is 0.443. The van der Waals surface area contributed by atoms with Gasteiger partial charge in [0.15, 0.2) is 5.11 Å². The van der Waals surface area contributed by atoms with Crippen LogP contribution in [-0.2, 0) is 27.1 Å². The highest BCUT2D eigenvalue weighted by Gasteiger charge is 2.26. The first-order chi connectivity index (χ1) is 12.1. The minimum absolute atomic E-state index is 0.0144. The first kappa shape index (κ1) is 19.7. The zero-order valence-corrected chi connectivity index (χ0v) is 16.2. The van der Waals surface area contributed by atoms with Crippen molar-refractivity contribution in [3.63, 3.8) is 0 Å². The number of esters is 2. The molecule has 138 valence electrons. The van der Waals surface area contributed by atoms with Crippen LogP contribution in [-0.4, -0.2) is 36.8 Å². The maximum absolute atomic E-state index is 12.5. The second-order valence-corrected chi connectivity index (χ2v) is 7.12. The van der Waals surface area contributed by atoms with E-state index in [2.05, 4.69) is 10.6 Å². The molecule has 0 atom stereocenters. The molecule has 0 amide bonds. The third-order valence-corrected chi connectivity index (χ3v) is 5.28. The van der Waals surface area contributed by atoms with Crippen LogP contribution >= 0.6 is 23.6 Å². The average molecular weight is 385 g/mol. The number of hydrogen-bond donors (Lipinski definition) is 2. The molecule has 0 aromatic carbocycles. The number of hydrogen-bond acceptors (Lipinski definition) is 6. The first-order valence-corrected chi connectivity index (χ1v) is 9.81. The molecule has 0 aliphatic heterocycles. The fraction of sp³-hybridized carbons (Fsp3) is 0.588. The average Bonchev–Trinajstić information content (AvgIpc) is 2.74. The Morgan fingerprint density at radius 2 is 1.84 bits per heavy atom. The highest BCUT2D eigenvalue weighted by atomic mass is 32.1. The van der Waals surface area contributed by atoms with Crippen LogP contribution in [0.5, 0.6) is 0 Å². The molecule has 0 radical (unpaired) electrons. The molecule has 0 saturated carbocycles. The van der Waals surface area contributed by atoms with Crippen LogP contribution in [0, 0.1) is 0 Å². The van der Waals surface area contributed by atoms with Crippen LogP contribution < -0.4 is 10.6 Å². The van der Waals surface area contributed by atoms with Crippen molar-refractivity contribution in [3.8, 4) is 0 Å². The largest absolute Gasteiger partial charge is 0.465 e. The number of anilines is 1. The smallest absolute Gasteiger partial charge is 0.341 e. The normalized spacial score (nSPS) is 13.4. The summed E-state index contributed by atoms with van der Waals surface area (Å²) in [7, 11) is 0. The van der Waals surface area contributed by atoms with Gasteiger partial charge in [0.05, 0.1) is 18.8 Å². The number of carbonyl (C=O) groups excluding carboxylic acids is 2. The van der Waals surface area contributed by atoms with Crippen molar-refractivity contribution in [2.45, 2.75) is 46.0 Å². The molecular formula is C17H24N2O4S2. The number of rotatable bonds is 6. The van der Waals surface area contributed by atoms with Gasteiger partial charge in [-0.3, -0.25) is 4.79 Å². The van der Waals surface area contributed by atoms with E-state index < -0.39 is 0 Å². The maximum atomic E-state index is 12.5. The SMILES string of the molecule is CCOC(=O)CNC(=S)Nc1sc2c(c1C(=O)OCC)CCCCC2. The van der Waals surface area contributed by atoms with E-state index in [1.165, 1.54) is 11.3 Å². The highest BCUT2D eigenvalue weighted by Crippen LogP contribution is 2.37. The minimum Gasteiger partial charge on any atom is -0.465 e. The fourth-order valence-corrected chi connectivity index (χ4v) is 4.28. The Morgan fingerprint density at radius 3 is 2.56 bits per heavy atom. The molecule has 1 aliphatic rings. The van der Waals surface area contributed by atoms with Gasteiger partial charge in [-0.2, -0.15) is 0 Å². The van der Waals surface area contributed by atoms with E-state index in [9.17, 15) is 9.59 Å². The van der Waals surface area contributed by atoms with E-state index >= 15 is 0 Å². The number of thiocarbonyl (C=S) groups is 1. The molecule has 1 aromatic rings. The molecule has 8 heteroatoms. The van der Waals surface area contributed by atoms with E-state index in [4.69, 9.17) is 21.7 Å². The Hall–Kier alpha value is -1.67. The lowest BCUT2D eigenvalue weighted by Crippen LogP contribution is -2.34. The van der Waals surface area contributed by atoms with Gasteiger partial charge >= 0.3 is 11.9 Å². The van der Waals surface area contributed by atoms with E-state index in [1.54, 1.807) is 25.2 Å². The zero-order valence-electron chi connectivity index (χ0n) is 14.6. The number of ether oxygens (including phenoxy) is 2. The highest BCUT2D eigenvalue weighted by molar-refractivity contribution is 7.80. The van der Waals surface area contributed by atoms with Crippen LogP contribution in [0.25, 0.3) is 0 Å². The second kappa shape index (κ2) is 9.72.